The van der Waals surface area contributed by atoms with Crippen molar-refractivity contribution in [2.24, 2.45) is 5.92 Å². The van der Waals surface area contributed by atoms with Gasteiger partial charge in [0.1, 0.15) is 24.4 Å². The molecule has 0 N–H and O–H groups in total. The highest BCUT2D eigenvalue weighted by atomic mass is 32.3. The van der Waals surface area contributed by atoms with Crippen molar-refractivity contribution in [2.75, 3.05) is 35.0 Å². The molecule has 0 spiro atoms. The zero-order valence-electron chi connectivity index (χ0n) is 23.0. The van der Waals surface area contributed by atoms with Crippen LogP contribution in [0.3, 0.4) is 0 Å². The van der Waals surface area contributed by atoms with Crippen molar-refractivity contribution >= 4 is 49.5 Å². The third-order valence-electron chi connectivity index (χ3n) is 5.78. The molecule has 0 aromatic carbocycles. The third kappa shape index (κ3) is 11.7. The molecule has 0 amide bonds. The van der Waals surface area contributed by atoms with Crippen molar-refractivity contribution in [3.63, 3.8) is 0 Å². The number of carbonyl (C=O) groups is 1. The van der Waals surface area contributed by atoms with E-state index in [9.17, 15) is 43.7 Å². The Morgan fingerprint density at radius 3 is 1.89 bits per heavy atom. The average Bonchev–Trinajstić information content (AvgIpc) is 2.91. The van der Waals surface area contributed by atoms with E-state index in [1.165, 1.54) is 14.0 Å². The summed E-state index contributed by atoms with van der Waals surface area (Å²) in [6.45, 7) is 0.103. The quantitative estimate of drug-likeness (QED) is 0.0273. The molecule has 0 aliphatic carbocycles. The molecule has 2 fully saturated rings. The fraction of sp³-hybridized carbons (Fsp3) is 0.941. The van der Waals surface area contributed by atoms with E-state index in [2.05, 4.69) is 26.8 Å². The van der Waals surface area contributed by atoms with Crippen molar-refractivity contribution in [2.45, 2.75) is 62.2 Å². The van der Waals surface area contributed by atoms with E-state index >= 15 is 0 Å². The zero-order chi connectivity index (χ0) is 33.5. The molecule has 2 saturated heterocycles. The predicted molar refractivity (Wildman–Crippen MR) is 128 cm³/mol. The second-order valence-corrected chi connectivity index (χ2v) is 12.0. The number of hydrogen-bond donors (Lipinski definition) is 0. The van der Waals surface area contributed by atoms with Crippen LogP contribution < -0.4 is 0 Å². The lowest BCUT2D eigenvalue weighted by molar-refractivity contribution is -0.450. The molecule has 0 aromatic heterocycles. The van der Waals surface area contributed by atoms with Crippen molar-refractivity contribution in [1.29, 1.82) is 0 Å². The number of methoxy groups -OCH3 is 3. The molecule has 260 valence electrons. The number of esters is 1. The fourth-order valence-corrected chi connectivity index (χ4v) is 5.82. The molecule has 44 heavy (non-hydrogen) atoms. The van der Waals surface area contributed by atoms with Gasteiger partial charge in [-0.05, 0) is 0 Å². The van der Waals surface area contributed by atoms with Crippen LogP contribution in [0.15, 0.2) is 0 Å². The summed E-state index contributed by atoms with van der Waals surface area (Å²) in [6.07, 6.45) is -17.1. The topological polar surface area (TPSA) is 309 Å². The maximum Gasteiger partial charge on any atom is 0.338 e. The fourth-order valence-electron chi connectivity index (χ4n) is 4.14. The van der Waals surface area contributed by atoms with Gasteiger partial charge in [-0.2, -0.15) is 0 Å². The molecule has 2 rings (SSSR count). The lowest BCUT2D eigenvalue weighted by atomic mass is 9.91. The van der Waals surface area contributed by atoms with Gasteiger partial charge in [0.25, 0.3) is 0 Å². The summed E-state index contributed by atoms with van der Waals surface area (Å²) in [5.74, 6) is -2.15. The second-order valence-electron chi connectivity index (χ2n) is 8.45. The van der Waals surface area contributed by atoms with Crippen LogP contribution in [0, 0.1) is 5.92 Å². The summed E-state index contributed by atoms with van der Waals surface area (Å²) in [5.41, 5.74) is 0. The Morgan fingerprint density at radius 2 is 1.39 bits per heavy atom. The van der Waals surface area contributed by atoms with E-state index in [0.717, 1.165) is 21.3 Å². The van der Waals surface area contributed by atoms with Crippen molar-refractivity contribution in [1.82, 2.24) is 0 Å². The van der Waals surface area contributed by atoms with Gasteiger partial charge in [0.05, 0.1) is 26.9 Å². The summed E-state index contributed by atoms with van der Waals surface area (Å²) in [6, 6.07) is 0. The maximum absolute atomic E-state index is 12.6. The molecule has 0 saturated carbocycles. The number of carbonyl (C=O) groups excluding carboxylic acids is 1. The first kappa shape index (κ1) is 39.2. The lowest BCUT2D eigenvalue weighted by Gasteiger charge is -2.48. The van der Waals surface area contributed by atoms with Crippen LogP contribution in [-0.4, -0.2) is 135 Å². The minimum absolute atomic E-state index is 0.181. The minimum Gasteiger partial charge on any atom is -0.726 e. The number of hydrogen-bond acceptors (Lipinski definition) is 24. The molecule has 23 nitrogen and oxygen atoms in total. The smallest absolute Gasteiger partial charge is 0.338 e. The predicted octanol–water partition coefficient (Wildman–Crippen LogP) is -3.08. The molecule has 2 aliphatic heterocycles. The van der Waals surface area contributed by atoms with Crippen LogP contribution in [0.25, 0.3) is 0 Å². The highest BCUT2D eigenvalue weighted by molar-refractivity contribution is 7.89. The van der Waals surface area contributed by atoms with E-state index < -0.39 is 105 Å². The molecule has 0 aromatic rings. The highest BCUT2D eigenvalue weighted by Crippen LogP contribution is 2.37. The minimum atomic E-state index is -5.80. The molecule has 4 unspecified atom stereocenters. The third-order valence-corrected chi connectivity index (χ3v) is 7.53. The van der Waals surface area contributed by atoms with E-state index in [1.807, 2.05) is 0 Å². The first-order chi connectivity index (χ1) is 20.4. The van der Waals surface area contributed by atoms with E-state index in [1.54, 1.807) is 0 Å². The van der Waals surface area contributed by atoms with E-state index in [4.69, 9.17) is 32.6 Å². The normalized spacial score (nSPS) is 33.6. The summed E-state index contributed by atoms with van der Waals surface area (Å²) in [5, 5.41) is 4.19. The van der Waals surface area contributed by atoms with Gasteiger partial charge in [-0.25, -0.2) is 34.9 Å². The van der Waals surface area contributed by atoms with Crippen LogP contribution >= 0.6 is 12.3 Å². The Hall–Kier alpha value is -0.930. The van der Waals surface area contributed by atoms with E-state index in [-0.39, 0.29) is 12.3 Å². The molecule has 0 radical (unpaired) electrons. The Labute approximate surface area is 255 Å². The molecular weight excluding hydrogens is 700 g/mol. The Kier molecular flexibility index (Phi) is 15.0. The Morgan fingerprint density at radius 1 is 0.773 bits per heavy atom. The first-order valence-electron chi connectivity index (χ1n) is 11.5. The molecule has 27 heteroatoms. The molecule has 2 heterocycles. The number of ether oxygens (including phenoxy) is 6. The van der Waals surface area contributed by atoms with Gasteiger partial charge in [-0.1, -0.05) is 12.0 Å². The van der Waals surface area contributed by atoms with Crippen LogP contribution in [0.4, 0.5) is 0 Å². The zero-order valence-corrected chi connectivity index (χ0v) is 26.3. The summed E-state index contributed by atoms with van der Waals surface area (Å²) < 4.78 is 157. The van der Waals surface area contributed by atoms with Crippen LogP contribution in [0.2, 0.25) is 0 Å². The molecule has 2 aliphatic rings. The summed E-state index contributed by atoms with van der Waals surface area (Å²) in [4.78, 5) is 16.8. The van der Waals surface area contributed by atoms with Crippen LogP contribution in [0.5, 0.6) is 0 Å². The molecule has 10 atom stereocenters. The summed E-state index contributed by atoms with van der Waals surface area (Å²) >= 11 is 0.181. The van der Waals surface area contributed by atoms with Gasteiger partial charge in [-0.3, -0.25) is 16.7 Å². The van der Waals surface area contributed by atoms with Crippen molar-refractivity contribution < 1.29 is 103 Å². The Balaban J connectivity index is 2.58. The highest BCUT2D eigenvalue weighted by Gasteiger charge is 2.55. The van der Waals surface area contributed by atoms with E-state index in [0.29, 0.717) is 0 Å². The van der Waals surface area contributed by atoms with Gasteiger partial charge in [-0.15, -0.1) is 4.33 Å². The van der Waals surface area contributed by atoms with Crippen LogP contribution in [-0.2, 0) is 95.4 Å². The van der Waals surface area contributed by atoms with Gasteiger partial charge >= 0.3 is 5.97 Å². The molecular formula is C17H27O23S4-3. The number of rotatable bonds is 17. The van der Waals surface area contributed by atoms with Gasteiger partial charge in [0.15, 0.2) is 37.1 Å². The molecule has 0 bridgehead atoms. The van der Waals surface area contributed by atoms with Gasteiger partial charge in [0, 0.05) is 20.1 Å². The lowest BCUT2D eigenvalue weighted by Crippen LogP contribution is -2.65. The largest absolute Gasteiger partial charge is 0.726 e. The summed E-state index contributed by atoms with van der Waals surface area (Å²) in [7, 11) is -12.9. The SMILES string of the molecule is COOOSO[C@@H]1C(C(=O)OC)O[C@@H](O[C@H]2C(OS(=O)(=O)[O-])C(OS(=O)(=O)[O-])[C@@H](OC)O[C@H]2COS(=O)(=O)[O-])C(C)[C@H]1OC. The maximum atomic E-state index is 12.6. The van der Waals surface area contributed by atoms with Crippen molar-refractivity contribution in [3.8, 4) is 0 Å². The van der Waals surface area contributed by atoms with Crippen LogP contribution in [0.1, 0.15) is 6.92 Å². The van der Waals surface area contributed by atoms with Crippen molar-refractivity contribution in [3.05, 3.63) is 0 Å². The Bertz CT molecular complexity index is 1240. The van der Waals surface area contributed by atoms with Gasteiger partial charge < -0.3 is 42.1 Å². The standard InChI is InChI=1S/C17H30O23S4/c1-7-9(28-2)11(36-41-40-39-31-5)13(15(18)29-3)35-16(7)34-10-8(6-32-42(19,20)21)33-17(30-4)14(38-44(25,26)27)12(10)37-43(22,23)24/h7-14,16-17H,6H2,1-5H3,(H,19,20,21)(H,22,23,24)(H,25,26,27)/p-3/t7?,8-,9+,10+,11-,12?,13?,14?,16+,17-/m0/s1. The second kappa shape index (κ2) is 16.8. The average molecular weight is 728 g/mol. The first-order valence-corrected chi connectivity index (χ1v) is 16.2. The monoisotopic (exact) mass is 727 g/mol. The van der Waals surface area contributed by atoms with Gasteiger partial charge in [0.2, 0.25) is 31.2 Å².